The van der Waals surface area contributed by atoms with Gasteiger partial charge >= 0.3 is 5.97 Å². The number of nitrogens with two attached hydrogens (primary N) is 1. The molecule has 0 spiro atoms. The van der Waals surface area contributed by atoms with Gasteiger partial charge in [0.2, 0.25) is 0 Å². The molecule has 0 aliphatic rings. The zero-order valence-corrected chi connectivity index (χ0v) is 10.3. The van der Waals surface area contributed by atoms with Gasteiger partial charge in [0.05, 0.1) is 0 Å². The van der Waals surface area contributed by atoms with Gasteiger partial charge in [-0.25, -0.2) is 0 Å². The molecule has 1 unspecified atom stereocenters. The number of hydrogen-bond donors (Lipinski definition) is 3. The second-order valence-electron chi connectivity index (χ2n) is 4.21. The molecule has 0 saturated heterocycles. The monoisotopic (exact) mass is 250 g/mol. The van der Waals surface area contributed by atoms with Crippen LogP contribution in [-0.2, 0) is 4.79 Å². The lowest BCUT2D eigenvalue weighted by Crippen LogP contribution is -2.30. The van der Waals surface area contributed by atoms with Gasteiger partial charge in [0.25, 0.3) is 5.91 Å². The average molecular weight is 250 g/mol. The largest absolute Gasteiger partial charge is 0.481 e. The second kappa shape index (κ2) is 6.64. The van der Waals surface area contributed by atoms with E-state index in [0.29, 0.717) is 24.2 Å². The van der Waals surface area contributed by atoms with Crippen molar-refractivity contribution in [3.05, 3.63) is 29.8 Å². The van der Waals surface area contributed by atoms with E-state index in [9.17, 15) is 9.59 Å². The highest BCUT2D eigenvalue weighted by Gasteiger charge is 2.13. The topological polar surface area (TPSA) is 92.4 Å². The van der Waals surface area contributed by atoms with Gasteiger partial charge in [0.1, 0.15) is 0 Å². The average Bonchev–Trinajstić information content (AvgIpc) is 2.33. The smallest absolute Gasteiger partial charge is 0.303 e. The van der Waals surface area contributed by atoms with E-state index in [4.69, 9.17) is 10.8 Å². The number of carbonyl (C=O) groups excluding carboxylic acids is 1. The van der Waals surface area contributed by atoms with E-state index in [1.165, 1.54) is 0 Å². The van der Waals surface area contributed by atoms with Crippen LogP contribution in [0, 0.1) is 5.92 Å². The van der Waals surface area contributed by atoms with Crippen molar-refractivity contribution in [1.29, 1.82) is 0 Å². The Bertz CT molecular complexity index is 432. The summed E-state index contributed by atoms with van der Waals surface area (Å²) >= 11 is 0. The molecular weight excluding hydrogens is 232 g/mol. The molecule has 0 fully saturated rings. The summed E-state index contributed by atoms with van der Waals surface area (Å²) in [7, 11) is 0. The van der Waals surface area contributed by atoms with Crippen molar-refractivity contribution in [1.82, 2.24) is 5.32 Å². The fraction of sp³-hybridized carbons (Fsp3) is 0.385. The van der Waals surface area contributed by atoms with E-state index < -0.39 is 5.97 Å². The quantitative estimate of drug-likeness (QED) is 0.667. The zero-order valence-electron chi connectivity index (χ0n) is 10.3. The van der Waals surface area contributed by atoms with Crippen LogP contribution >= 0.6 is 0 Å². The van der Waals surface area contributed by atoms with Crippen molar-refractivity contribution in [2.45, 2.75) is 19.8 Å². The van der Waals surface area contributed by atoms with E-state index in [1.807, 2.05) is 6.92 Å². The maximum absolute atomic E-state index is 11.8. The normalized spacial score (nSPS) is 11.8. The number of nitrogens with one attached hydrogen (secondary N) is 1. The van der Waals surface area contributed by atoms with Crippen molar-refractivity contribution in [3.8, 4) is 0 Å². The van der Waals surface area contributed by atoms with Crippen LogP contribution in [0.4, 0.5) is 5.69 Å². The highest BCUT2D eigenvalue weighted by molar-refractivity contribution is 5.94. The SMILES string of the molecule is CCC(CNC(=O)c1cccc(N)c1)CC(=O)O. The van der Waals surface area contributed by atoms with Gasteiger partial charge < -0.3 is 16.2 Å². The van der Waals surface area contributed by atoms with E-state index >= 15 is 0 Å². The molecule has 0 radical (unpaired) electrons. The molecule has 0 aromatic heterocycles. The first kappa shape index (κ1) is 14.0. The number of carboxylic acid groups (broad SMARTS) is 1. The molecule has 1 rings (SSSR count). The minimum absolute atomic E-state index is 0.0486. The number of hydrogen-bond acceptors (Lipinski definition) is 3. The molecule has 5 heteroatoms. The van der Waals surface area contributed by atoms with Gasteiger partial charge in [0, 0.05) is 24.2 Å². The van der Waals surface area contributed by atoms with E-state index in [-0.39, 0.29) is 18.2 Å². The Morgan fingerprint density at radius 1 is 1.44 bits per heavy atom. The summed E-state index contributed by atoms with van der Waals surface area (Å²) in [5.74, 6) is -1.13. The van der Waals surface area contributed by atoms with Gasteiger partial charge in [-0.2, -0.15) is 0 Å². The number of anilines is 1. The molecule has 1 amide bonds. The van der Waals surface area contributed by atoms with Crippen molar-refractivity contribution >= 4 is 17.6 Å². The summed E-state index contributed by atoms with van der Waals surface area (Å²) in [6.07, 6.45) is 0.775. The molecule has 1 aromatic rings. The van der Waals surface area contributed by atoms with Gasteiger partial charge in [-0.3, -0.25) is 9.59 Å². The molecule has 1 aromatic carbocycles. The predicted octanol–water partition coefficient (Wildman–Crippen LogP) is 1.50. The molecular formula is C13H18N2O3. The van der Waals surface area contributed by atoms with E-state index in [0.717, 1.165) is 0 Å². The molecule has 0 aliphatic heterocycles. The summed E-state index contributed by atoms with van der Waals surface area (Å²) in [5, 5.41) is 11.4. The Balaban J connectivity index is 2.52. The Morgan fingerprint density at radius 3 is 2.72 bits per heavy atom. The summed E-state index contributed by atoms with van der Waals surface area (Å²) in [4.78, 5) is 22.4. The fourth-order valence-electron chi connectivity index (χ4n) is 1.63. The van der Waals surface area contributed by atoms with Crippen molar-refractivity contribution in [3.63, 3.8) is 0 Å². The highest BCUT2D eigenvalue weighted by atomic mass is 16.4. The Kier molecular flexibility index (Phi) is 5.17. The standard InChI is InChI=1S/C13H18N2O3/c1-2-9(6-12(16)17)8-15-13(18)10-4-3-5-11(14)7-10/h3-5,7,9H,2,6,8,14H2,1H3,(H,15,18)(H,16,17). The first-order chi connectivity index (χ1) is 8.52. The summed E-state index contributed by atoms with van der Waals surface area (Å²) < 4.78 is 0. The van der Waals surface area contributed by atoms with Crippen LogP contribution in [0.15, 0.2) is 24.3 Å². The molecule has 98 valence electrons. The van der Waals surface area contributed by atoms with Crippen LogP contribution < -0.4 is 11.1 Å². The number of benzene rings is 1. The number of amides is 1. The number of nitrogen functional groups attached to an aromatic ring is 1. The lowest BCUT2D eigenvalue weighted by molar-refractivity contribution is -0.138. The Labute approximate surface area is 106 Å². The minimum Gasteiger partial charge on any atom is -0.481 e. The lowest BCUT2D eigenvalue weighted by Gasteiger charge is -2.13. The molecule has 0 heterocycles. The van der Waals surface area contributed by atoms with Crippen LogP contribution in [0.5, 0.6) is 0 Å². The van der Waals surface area contributed by atoms with Gasteiger partial charge in [-0.1, -0.05) is 19.4 Å². The lowest BCUT2D eigenvalue weighted by atomic mass is 10.0. The number of aliphatic carboxylic acids is 1. The molecule has 1 atom stereocenters. The maximum Gasteiger partial charge on any atom is 0.303 e. The van der Waals surface area contributed by atoms with Gasteiger partial charge in [0.15, 0.2) is 0 Å². The third kappa shape index (κ3) is 4.45. The Hall–Kier alpha value is -2.04. The third-order valence-corrected chi connectivity index (χ3v) is 2.74. The first-order valence-electron chi connectivity index (χ1n) is 5.88. The summed E-state index contributed by atoms with van der Waals surface area (Å²) in [6, 6.07) is 6.67. The van der Waals surface area contributed by atoms with E-state index in [1.54, 1.807) is 24.3 Å². The van der Waals surface area contributed by atoms with Crippen molar-refractivity contribution < 1.29 is 14.7 Å². The zero-order chi connectivity index (χ0) is 13.5. The molecule has 0 saturated carbocycles. The van der Waals surface area contributed by atoms with Gasteiger partial charge in [-0.05, 0) is 24.1 Å². The number of rotatable bonds is 6. The highest BCUT2D eigenvalue weighted by Crippen LogP contribution is 2.09. The van der Waals surface area contributed by atoms with Crippen LogP contribution in [-0.4, -0.2) is 23.5 Å². The van der Waals surface area contributed by atoms with Crippen LogP contribution in [0.25, 0.3) is 0 Å². The maximum atomic E-state index is 11.8. The summed E-state index contributed by atoms with van der Waals surface area (Å²) in [5.41, 5.74) is 6.60. The van der Waals surface area contributed by atoms with E-state index in [2.05, 4.69) is 5.32 Å². The minimum atomic E-state index is -0.847. The van der Waals surface area contributed by atoms with Crippen LogP contribution in [0.3, 0.4) is 0 Å². The predicted molar refractivity (Wildman–Crippen MR) is 69.2 cm³/mol. The second-order valence-corrected chi connectivity index (χ2v) is 4.21. The first-order valence-corrected chi connectivity index (χ1v) is 5.88. The van der Waals surface area contributed by atoms with Crippen LogP contribution in [0.1, 0.15) is 30.1 Å². The van der Waals surface area contributed by atoms with Gasteiger partial charge in [-0.15, -0.1) is 0 Å². The number of carbonyl (C=O) groups is 2. The van der Waals surface area contributed by atoms with Crippen LogP contribution in [0.2, 0.25) is 0 Å². The number of carboxylic acids is 1. The molecule has 0 bridgehead atoms. The fourth-order valence-corrected chi connectivity index (χ4v) is 1.63. The summed E-state index contributed by atoms with van der Waals surface area (Å²) in [6.45, 7) is 2.26. The van der Waals surface area contributed by atoms with Crippen molar-refractivity contribution in [2.24, 2.45) is 5.92 Å². The molecule has 5 nitrogen and oxygen atoms in total. The molecule has 18 heavy (non-hydrogen) atoms. The van der Waals surface area contributed by atoms with Crippen molar-refractivity contribution in [2.75, 3.05) is 12.3 Å². The molecule has 0 aliphatic carbocycles. The molecule has 4 N–H and O–H groups in total. The third-order valence-electron chi connectivity index (χ3n) is 2.74. The Morgan fingerprint density at radius 2 is 2.17 bits per heavy atom.